The van der Waals surface area contributed by atoms with Gasteiger partial charge in [0, 0.05) is 22.9 Å². The maximum absolute atomic E-state index is 15.0. The lowest BCUT2D eigenvalue weighted by atomic mass is 9.98. The Morgan fingerprint density at radius 3 is 2.66 bits per heavy atom. The van der Waals surface area contributed by atoms with Crippen molar-refractivity contribution in [2.45, 2.75) is 44.6 Å². The summed E-state index contributed by atoms with van der Waals surface area (Å²) in [5.74, 6) is -0.942. The highest BCUT2D eigenvalue weighted by molar-refractivity contribution is 8.15. The van der Waals surface area contributed by atoms with E-state index >= 15 is 0 Å². The molecular weight excluding hydrogens is 519 g/mol. The van der Waals surface area contributed by atoms with E-state index in [0.29, 0.717) is 10.6 Å². The van der Waals surface area contributed by atoms with Crippen molar-refractivity contribution >= 4 is 58.9 Å². The first kappa shape index (κ1) is 25.9. The summed E-state index contributed by atoms with van der Waals surface area (Å²) in [7, 11) is 0. The molecule has 0 N–H and O–H groups in total. The van der Waals surface area contributed by atoms with E-state index in [2.05, 4.69) is 9.98 Å². The van der Waals surface area contributed by atoms with Crippen LogP contribution < -0.4 is 0 Å². The van der Waals surface area contributed by atoms with E-state index in [4.69, 9.17) is 16.3 Å². The third kappa shape index (κ3) is 5.81. The predicted molar refractivity (Wildman–Crippen MR) is 136 cm³/mol. The third-order valence-corrected chi connectivity index (χ3v) is 7.94. The fourth-order valence-corrected chi connectivity index (χ4v) is 5.87. The lowest BCUT2D eigenvalue weighted by Crippen LogP contribution is -2.36. The highest BCUT2D eigenvalue weighted by atomic mass is 35.5. The Balaban J connectivity index is 1.66. The molecule has 186 valence electrons. The average molecular weight is 542 g/mol. The zero-order chi connectivity index (χ0) is 25.5. The van der Waals surface area contributed by atoms with Gasteiger partial charge in [-0.25, -0.2) is 13.6 Å². The maximum Gasteiger partial charge on any atom is 0.428 e. The van der Waals surface area contributed by atoms with E-state index < -0.39 is 29.4 Å². The predicted octanol–water partition coefficient (Wildman–Crippen LogP) is 7.89. The molecule has 1 amide bonds. The first-order chi connectivity index (χ1) is 16.5. The molecule has 4 rings (SSSR count). The number of halogens is 4. The van der Waals surface area contributed by atoms with Gasteiger partial charge in [-0.1, -0.05) is 36.4 Å². The molecule has 1 aliphatic heterocycles. The van der Waals surface area contributed by atoms with Gasteiger partial charge in [0.2, 0.25) is 0 Å². The van der Waals surface area contributed by atoms with Gasteiger partial charge in [0.05, 0.1) is 16.8 Å². The Morgan fingerprint density at radius 1 is 1.29 bits per heavy atom. The van der Waals surface area contributed by atoms with Crippen LogP contribution >= 0.6 is 35.7 Å². The number of ether oxygens (including phenoxy) is 1. The van der Waals surface area contributed by atoms with Crippen LogP contribution in [0.4, 0.5) is 17.5 Å². The molecular formula is C24H23ClF3N3O2S2. The number of amidine groups is 1. The summed E-state index contributed by atoms with van der Waals surface area (Å²) in [4.78, 5) is 21.1. The van der Waals surface area contributed by atoms with Crippen LogP contribution in [0.1, 0.15) is 50.6 Å². The average Bonchev–Trinajstić information content (AvgIpc) is 3.44. The van der Waals surface area contributed by atoms with Crippen molar-refractivity contribution < 1.29 is 22.2 Å². The number of nitrogens with zero attached hydrogens (tertiary/aromatic N) is 3. The number of fused-ring (bicyclic) bond motifs is 1. The number of carbonyl (C=O) groups is 1. The molecule has 4 atom stereocenters. The van der Waals surface area contributed by atoms with Gasteiger partial charge in [0.25, 0.3) is 0 Å². The van der Waals surface area contributed by atoms with Crippen LogP contribution in [0.2, 0.25) is 5.02 Å². The summed E-state index contributed by atoms with van der Waals surface area (Å²) >= 11 is 6.78. The van der Waals surface area contributed by atoms with E-state index in [0.717, 1.165) is 4.31 Å². The smallest absolute Gasteiger partial charge is 0.428 e. The summed E-state index contributed by atoms with van der Waals surface area (Å²) in [5.41, 5.74) is -0.0613. The fourth-order valence-electron chi connectivity index (χ4n) is 3.90. The first-order valence-corrected chi connectivity index (χ1v) is 12.8. The molecule has 2 aliphatic rings. The molecule has 0 spiro atoms. The van der Waals surface area contributed by atoms with Gasteiger partial charge in [-0.05, 0) is 62.6 Å². The number of thioether (sulfide) groups is 1. The molecule has 1 saturated carbocycles. The summed E-state index contributed by atoms with van der Waals surface area (Å²) in [6.07, 6.45) is 1.69. The summed E-state index contributed by atoms with van der Waals surface area (Å²) < 4.78 is 49.6. The molecule has 1 fully saturated rings. The van der Waals surface area contributed by atoms with E-state index in [9.17, 15) is 17.5 Å². The van der Waals surface area contributed by atoms with Gasteiger partial charge in [-0.3, -0.25) is 9.98 Å². The summed E-state index contributed by atoms with van der Waals surface area (Å²) in [6, 6.07) is 6.54. The molecule has 5 nitrogen and oxygen atoms in total. The van der Waals surface area contributed by atoms with Gasteiger partial charge in [0.15, 0.2) is 17.5 Å². The van der Waals surface area contributed by atoms with Crippen LogP contribution in [0.15, 0.2) is 41.5 Å². The summed E-state index contributed by atoms with van der Waals surface area (Å²) in [5, 5.41) is 0.534. The highest BCUT2D eigenvalue weighted by Gasteiger charge is 2.57. The zero-order valence-electron chi connectivity index (χ0n) is 19.3. The highest BCUT2D eigenvalue weighted by Crippen LogP contribution is 2.60. The minimum absolute atomic E-state index is 0.00496. The van der Waals surface area contributed by atoms with Crippen molar-refractivity contribution in [3.63, 3.8) is 0 Å². The number of hydrogen-bond acceptors (Lipinski definition) is 6. The second kappa shape index (κ2) is 10.1. The number of hydrogen-bond donors (Lipinski definition) is 0. The number of benzene rings is 1. The van der Waals surface area contributed by atoms with Crippen LogP contribution in [-0.4, -0.2) is 31.4 Å². The van der Waals surface area contributed by atoms with Gasteiger partial charge in [-0.2, -0.15) is 4.31 Å². The number of aromatic nitrogens is 1. The Hall–Kier alpha value is -2.17. The van der Waals surface area contributed by atoms with Crippen molar-refractivity contribution in [2.24, 2.45) is 16.8 Å². The van der Waals surface area contributed by atoms with Crippen LogP contribution in [0.5, 0.6) is 0 Å². The van der Waals surface area contributed by atoms with E-state index in [1.807, 2.05) is 6.92 Å². The number of aliphatic imine (C=N–C) groups is 1. The number of carbonyl (C=O) groups excluding carboxylic acids is 1. The molecule has 2 aromatic rings. The topological polar surface area (TPSA) is 54.8 Å². The molecule has 0 bridgehead atoms. The van der Waals surface area contributed by atoms with E-state index in [-0.39, 0.29) is 45.8 Å². The first-order valence-electron chi connectivity index (χ1n) is 10.8. The lowest BCUT2D eigenvalue weighted by Gasteiger charge is -2.27. The van der Waals surface area contributed by atoms with Crippen molar-refractivity contribution in [3.8, 4) is 0 Å². The zero-order valence-corrected chi connectivity index (χ0v) is 21.7. The molecule has 2 heterocycles. The number of amides is 1. The second-order valence-corrected chi connectivity index (χ2v) is 11.4. The van der Waals surface area contributed by atoms with E-state index in [1.54, 1.807) is 20.8 Å². The Bertz CT molecular complexity index is 1190. The molecule has 0 radical (unpaired) electrons. The monoisotopic (exact) mass is 541 g/mol. The number of rotatable bonds is 4. The largest absolute Gasteiger partial charge is 0.443 e. The Kier molecular flexibility index (Phi) is 7.45. The van der Waals surface area contributed by atoms with Gasteiger partial charge >= 0.3 is 6.09 Å². The van der Waals surface area contributed by atoms with Gasteiger partial charge in [-0.15, -0.1) is 3.89 Å². The minimum atomic E-state index is -0.892. The van der Waals surface area contributed by atoms with Crippen molar-refractivity contribution in [1.82, 2.24) is 9.29 Å². The van der Waals surface area contributed by atoms with Crippen molar-refractivity contribution in [1.29, 1.82) is 0 Å². The minimum Gasteiger partial charge on any atom is -0.443 e. The quantitative estimate of drug-likeness (QED) is 0.368. The van der Waals surface area contributed by atoms with Crippen molar-refractivity contribution in [2.75, 3.05) is 0 Å². The van der Waals surface area contributed by atoms with Crippen molar-refractivity contribution in [3.05, 3.63) is 64.2 Å². The van der Waals surface area contributed by atoms with Crippen LogP contribution in [0.25, 0.3) is 11.9 Å². The Morgan fingerprint density at radius 2 is 2.03 bits per heavy atom. The molecule has 1 aromatic carbocycles. The van der Waals surface area contributed by atoms with E-state index in [1.165, 1.54) is 54.4 Å². The number of pyridine rings is 1. The standard InChI is InChI=1S/C24H23ClF3N3O2S2/c1-12-19-20(30-22(34-21(12)19)31(35-28)23(32)33-24(2,3)4)15-9-13(5-7-16(15)26)10-17(27)18-8-6-14(25)11-29-18/h5-12,19-21H,1-4H3/b17-10-. The molecule has 1 aromatic heterocycles. The van der Waals surface area contributed by atoms with Crippen LogP contribution in [-0.2, 0) is 4.74 Å². The second-order valence-electron chi connectivity index (χ2n) is 9.35. The summed E-state index contributed by atoms with van der Waals surface area (Å²) in [6.45, 7) is 7.03. The fraction of sp³-hybridized carbons (Fsp3) is 0.375. The third-order valence-electron chi connectivity index (χ3n) is 5.63. The van der Waals surface area contributed by atoms with Crippen LogP contribution in [0, 0.1) is 17.7 Å². The molecule has 35 heavy (non-hydrogen) atoms. The molecule has 0 saturated heterocycles. The van der Waals surface area contributed by atoms with Gasteiger partial charge in [0.1, 0.15) is 17.2 Å². The Labute approximate surface area is 215 Å². The SMILES string of the molecule is CC1C2SC(N(SF)C(=O)OC(C)(C)C)=NC(c3cc(/C=C(\F)c4ccc(Cl)cn4)ccc3F)C12. The maximum atomic E-state index is 15.0. The van der Waals surface area contributed by atoms with Gasteiger partial charge < -0.3 is 4.74 Å². The lowest BCUT2D eigenvalue weighted by molar-refractivity contribution is 0.0473. The van der Waals surface area contributed by atoms with Crippen LogP contribution in [0.3, 0.4) is 0 Å². The molecule has 4 unspecified atom stereocenters. The molecule has 1 aliphatic carbocycles. The normalized spacial score (nSPS) is 23.9. The molecule has 11 heteroatoms.